The molecule has 0 fully saturated rings. The molecule has 0 saturated carbocycles. The number of alkyl carbamates (subject to hydrolysis) is 2. The second-order valence-corrected chi connectivity index (χ2v) is 24.9. The molecule has 5 amide bonds. The van der Waals surface area contributed by atoms with Gasteiger partial charge in [0.15, 0.2) is 29.1 Å². The van der Waals surface area contributed by atoms with Crippen LogP contribution in [0.15, 0.2) is 126 Å². The first-order valence-corrected chi connectivity index (χ1v) is 32.8. The number of aliphatic hydroxyl groups excluding tert-OH is 2. The summed E-state index contributed by atoms with van der Waals surface area (Å²) in [7, 11) is 0. The molecular weight excluding hydrogens is 1260 g/mol. The summed E-state index contributed by atoms with van der Waals surface area (Å²) in [5.74, 6) is -9.38. The lowest BCUT2D eigenvalue weighted by molar-refractivity contribution is -0.141. The van der Waals surface area contributed by atoms with Crippen molar-refractivity contribution < 1.29 is 67.9 Å². The van der Waals surface area contributed by atoms with Gasteiger partial charge < -0.3 is 73.1 Å². The maximum Gasteiger partial charge on any atom is 0.407 e. The van der Waals surface area contributed by atoms with Crippen LogP contribution in [-0.4, -0.2) is 134 Å². The van der Waals surface area contributed by atoms with E-state index in [-0.39, 0.29) is 69.0 Å². The monoisotopic (exact) mass is 1340 g/mol. The number of nitrogens with two attached hydrogens (primary N) is 3. The maximum atomic E-state index is 13.9. The van der Waals surface area contributed by atoms with Gasteiger partial charge in [0.25, 0.3) is 0 Å². The fourth-order valence-electron chi connectivity index (χ4n) is 11.9. The number of ketones is 3. The lowest BCUT2D eigenvalue weighted by Crippen LogP contribution is -2.47. The number of hydrogen-bond donors (Lipinski definition) is 11. The number of anilines is 2. The number of Topliss-reactive ketones (excluding diaryl/α,β-unsaturated/α-hetero) is 3. The van der Waals surface area contributed by atoms with Crippen LogP contribution in [0.4, 0.5) is 21.1 Å². The summed E-state index contributed by atoms with van der Waals surface area (Å²) in [6, 6.07) is 34.7. The summed E-state index contributed by atoms with van der Waals surface area (Å²) in [5, 5.41) is 44.2. The zero-order chi connectivity index (χ0) is 70.4. The van der Waals surface area contributed by atoms with Crippen molar-refractivity contribution in [3.63, 3.8) is 0 Å². The number of aliphatic hydroxyl groups is 2. The van der Waals surface area contributed by atoms with Crippen LogP contribution in [0.3, 0.4) is 0 Å². The Balaban J connectivity index is 0.791. The molecule has 0 bridgehead atoms. The number of carbonyl (C=O) groups is 9. The molecule has 7 aromatic rings. The number of guanidine groups is 1. The Kier molecular flexibility index (Phi) is 26.5. The molecule has 2 aromatic heterocycles. The number of aryl methyl sites for hydroxylation is 1. The SMILES string of the molecule is CCCCc1nc2c(N)nc3ccccc3c2n1Cc1ccc(CNC(=O)OCc2ccc(NC(=O)[C@@H](CC(=O)O)CC(=O)[C@H](CO)NC(=O)[C@@H](CCCN=C(N)N)CC(=O)CNC(=O)[C@@H](CO)CC(=O)[C@H](CC(C)C)NC(=O)OCC3c4ccccc4-c4ccccc43)cc2)cc1. The maximum absolute atomic E-state index is 13.9. The molecule has 1 aliphatic carbocycles. The van der Waals surface area contributed by atoms with Gasteiger partial charge in [0.05, 0.1) is 55.1 Å². The van der Waals surface area contributed by atoms with Gasteiger partial charge in [-0.15, -0.1) is 0 Å². The van der Waals surface area contributed by atoms with Crippen LogP contribution in [0.25, 0.3) is 33.1 Å². The van der Waals surface area contributed by atoms with Gasteiger partial charge in [0.2, 0.25) is 17.7 Å². The number of aliphatic imine (C=N–C) groups is 1. The summed E-state index contributed by atoms with van der Waals surface area (Å²) >= 11 is 0. The number of para-hydroxylation sites is 1. The molecule has 0 saturated heterocycles. The van der Waals surface area contributed by atoms with E-state index in [1.165, 1.54) is 12.1 Å². The minimum absolute atomic E-state index is 0.00180. The lowest BCUT2D eigenvalue weighted by atomic mass is 9.92. The fraction of sp³-hybridized carbons (Fsp3) is 0.389. The van der Waals surface area contributed by atoms with Crippen LogP contribution in [0.1, 0.15) is 118 Å². The summed E-state index contributed by atoms with van der Waals surface area (Å²) in [4.78, 5) is 133. The van der Waals surface area contributed by atoms with E-state index in [4.69, 9.17) is 31.7 Å². The number of amides is 5. The van der Waals surface area contributed by atoms with E-state index >= 15 is 0 Å². The van der Waals surface area contributed by atoms with Crippen molar-refractivity contribution in [3.8, 4) is 11.1 Å². The minimum atomic E-state index is -1.65. The van der Waals surface area contributed by atoms with Crippen molar-refractivity contribution in [2.45, 2.75) is 123 Å². The fourth-order valence-corrected chi connectivity index (χ4v) is 11.9. The molecule has 98 heavy (non-hydrogen) atoms. The molecule has 518 valence electrons. The third kappa shape index (κ3) is 20.2. The number of aromatic nitrogens is 3. The number of nitrogen functional groups attached to an aromatic ring is 1. The van der Waals surface area contributed by atoms with E-state index < -0.39 is 129 Å². The molecular formula is C72H86N12O14. The lowest BCUT2D eigenvalue weighted by Gasteiger charge is -2.23. The van der Waals surface area contributed by atoms with Crippen molar-refractivity contribution in [2.75, 3.05) is 44.0 Å². The molecule has 5 atom stereocenters. The Morgan fingerprint density at radius 3 is 1.95 bits per heavy atom. The zero-order valence-corrected chi connectivity index (χ0v) is 55.2. The van der Waals surface area contributed by atoms with Gasteiger partial charge in [-0.3, -0.25) is 38.6 Å². The first kappa shape index (κ1) is 73.2. The molecule has 0 spiro atoms. The normalized spacial score (nSPS) is 13.2. The van der Waals surface area contributed by atoms with Crippen molar-refractivity contribution in [3.05, 3.63) is 155 Å². The molecule has 2 heterocycles. The number of benzene rings is 5. The second kappa shape index (κ2) is 35.4. The Bertz CT molecular complexity index is 3980. The predicted molar refractivity (Wildman–Crippen MR) is 368 cm³/mol. The number of ether oxygens (including phenoxy) is 2. The molecule has 0 aliphatic heterocycles. The number of carbonyl (C=O) groups excluding carboxylic acids is 8. The zero-order valence-electron chi connectivity index (χ0n) is 55.2. The number of pyridine rings is 1. The minimum Gasteiger partial charge on any atom is -0.481 e. The number of fused-ring (bicyclic) bond motifs is 6. The predicted octanol–water partition coefficient (Wildman–Crippen LogP) is 6.72. The average Bonchev–Trinajstić information content (AvgIpc) is 1.60. The highest BCUT2D eigenvalue weighted by Gasteiger charge is 2.34. The Morgan fingerprint density at radius 2 is 1.30 bits per heavy atom. The van der Waals surface area contributed by atoms with Crippen LogP contribution in [0, 0.1) is 23.7 Å². The highest BCUT2D eigenvalue weighted by atomic mass is 16.6. The van der Waals surface area contributed by atoms with Crippen LogP contribution in [0.2, 0.25) is 0 Å². The largest absolute Gasteiger partial charge is 0.481 e. The van der Waals surface area contributed by atoms with Gasteiger partial charge in [-0.05, 0) is 88.7 Å². The third-order valence-electron chi connectivity index (χ3n) is 17.0. The van der Waals surface area contributed by atoms with Crippen molar-refractivity contribution in [2.24, 2.45) is 40.1 Å². The third-order valence-corrected chi connectivity index (χ3v) is 17.0. The van der Waals surface area contributed by atoms with Crippen LogP contribution >= 0.6 is 0 Å². The second-order valence-electron chi connectivity index (χ2n) is 24.9. The number of hydrogen-bond acceptors (Lipinski definition) is 17. The summed E-state index contributed by atoms with van der Waals surface area (Å²) in [6.45, 7) is 4.05. The Morgan fingerprint density at radius 1 is 0.653 bits per heavy atom. The first-order valence-electron chi connectivity index (χ1n) is 32.8. The average molecular weight is 1340 g/mol. The first-order chi connectivity index (χ1) is 47.1. The number of unbranched alkanes of at least 4 members (excludes halogenated alkanes) is 1. The molecule has 1 aliphatic rings. The van der Waals surface area contributed by atoms with Crippen molar-refractivity contribution >= 4 is 92.6 Å². The highest BCUT2D eigenvalue weighted by Crippen LogP contribution is 2.44. The number of nitrogens with one attached hydrogen (secondary N) is 5. The number of nitrogens with zero attached hydrogens (tertiary/aromatic N) is 4. The van der Waals surface area contributed by atoms with Crippen LogP contribution < -0.4 is 43.8 Å². The number of aliphatic carboxylic acids is 1. The highest BCUT2D eigenvalue weighted by molar-refractivity contribution is 6.07. The molecule has 0 unspecified atom stereocenters. The Hall–Kier alpha value is -10.6. The standard InChI is InChI=1S/C72H86N12O14/c1-4-5-20-62-83-64-65(55-18-10-11-19-57(55)80-66(64)73)84(62)37-44-23-21-43(22-24-44)35-78-71(95)97-40-45-25-27-49(28-26-45)79-69(94)47(34-63(90)91)32-61(89)59(39-86)81-68(93)46(13-12-29-76-70(74)75)31-50(87)36-77-67(92)48(38-85)33-60(88)58(30-42(2)3)82-72(96)98-41-56-53-16-8-6-14-51(53)52-15-7-9-17-54(52)56/h6-11,14-19,21-28,42,46-48,56,58-59,85-86H,4-5,12-13,20,29-41H2,1-3H3,(H2,73,80)(H,77,92)(H,78,95)(H,79,94)(H,81,93)(H,82,96)(H,90,91)(H4,74,75,76)/t46-,47+,48+,58-,59-/m0/s1. The van der Waals surface area contributed by atoms with Crippen LogP contribution in [0.5, 0.6) is 0 Å². The van der Waals surface area contributed by atoms with Crippen LogP contribution in [-0.2, 0) is 69.2 Å². The van der Waals surface area contributed by atoms with E-state index in [1.807, 2.05) is 111 Å². The van der Waals surface area contributed by atoms with Gasteiger partial charge in [0.1, 0.15) is 30.6 Å². The summed E-state index contributed by atoms with van der Waals surface area (Å²) < 4.78 is 13.3. The van der Waals surface area contributed by atoms with Gasteiger partial charge >= 0.3 is 18.2 Å². The summed E-state index contributed by atoms with van der Waals surface area (Å²) in [6.07, 6.45) is -1.01. The van der Waals surface area contributed by atoms with Gasteiger partial charge in [-0.1, -0.05) is 130 Å². The quantitative estimate of drug-likeness (QED) is 0.0109. The molecule has 26 heteroatoms. The van der Waals surface area contributed by atoms with Gasteiger partial charge in [-0.25, -0.2) is 19.6 Å². The molecule has 8 rings (SSSR count). The van der Waals surface area contributed by atoms with Crippen molar-refractivity contribution in [1.82, 2.24) is 35.8 Å². The number of imidazole rings is 1. The van der Waals surface area contributed by atoms with E-state index in [2.05, 4.69) is 48.1 Å². The van der Waals surface area contributed by atoms with E-state index in [0.717, 1.165) is 74.9 Å². The smallest absolute Gasteiger partial charge is 0.407 e. The summed E-state index contributed by atoms with van der Waals surface area (Å²) in [5.41, 5.74) is 26.5. The number of carboxylic acid groups (broad SMARTS) is 1. The molecule has 5 aromatic carbocycles. The van der Waals surface area contributed by atoms with Crippen molar-refractivity contribution in [1.29, 1.82) is 0 Å². The van der Waals surface area contributed by atoms with E-state index in [1.54, 1.807) is 12.1 Å². The van der Waals surface area contributed by atoms with Gasteiger partial charge in [0, 0.05) is 68.2 Å². The number of carboxylic acids is 1. The number of rotatable bonds is 37. The molecule has 14 N–H and O–H groups in total. The van der Waals surface area contributed by atoms with E-state index in [0.29, 0.717) is 23.4 Å². The molecule has 26 nitrogen and oxygen atoms in total. The topological polar surface area (TPSA) is 414 Å². The van der Waals surface area contributed by atoms with E-state index in [9.17, 15) is 58.5 Å². The van der Waals surface area contributed by atoms with Gasteiger partial charge in [-0.2, -0.15) is 0 Å². The Labute approximate surface area is 566 Å². The molecule has 0 radical (unpaired) electrons.